The summed E-state index contributed by atoms with van der Waals surface area (Å²) in [4.78, 5) is 78.4. The minimum absolute atomic E-state index is 0.00849. The van der Waals surface area contributed by atoms with Crippen molar-refractivity contribution in [1.29, 1.82) is 0 Å². The average molecular weight is 1830 g/mol. The van der Waals surface area contributed by atoms with Crippen molar-refractivity contribution in [3.8, 4) is 0 Å². The molecule has 126 heavy (non-hydrogen) atoms. The number of nitrogens with one attached hydrogen (secondary N) is 3. The van der Waals surface area contributed by atoms with Crippen LogP contribution >= 0.6 is 0 Å². The van der Waals surface area contributed by atoms with E-state index in [-0.39, 0.29) is 134 Å². The zero-order chi connectivity index (χ0) is 93.7. The molecule has 45 heteroatoms. The van der Waals surface area contributed by atoms with Gasteiger partial charge in [-0.3, -0.25) is 28.8 Å². The highest BCUT2D eigenvalue weighted by atomic mass is 16.7. The number of ether oxygens (including phenoxy) is 12. The Labute approximate surface area is 735 Å². The van der Waals surface area contributed by atoms with E-state index in [0.29, 0.717) is 77.4 Å². The summed E-state index contributed by atoms with van der Waals surface area (Å²) in [6.45, 7) is 11.4. The second kappa shape index (κ2) is 62.1. The lowest BCUT2D eigenvalue weighted by Gasteiger charge is -2.39. The van der Waals surface area contributed by atoms with E-state index in [1.54, 1.807) is 14.7 Å². The number of carbonyl (C=O) groups is 6. The zero-order valence-corrected chi connectivity index (χ0v) is 73.5. The average Bonchev–Trinajstić information content (AvgIpc) is 0.833. The Kier molecular flexibility index (Phi) is 56.1. The van der Waals surface area contributed by atoms with Crippen LogP contribution in [0.4, 0.5) is 0 Å². The first-order chi connectivity index (χ1) is 60.0. The van der Waals surface area contributed by atoms with Crippen molar-refractivity contribution in [3.63, 3.8) is 0 Å². The van der Waals surface area contributed by atoms with E-state index >= 15 is 0 Å². The molecule has 6 saturated heterocycles. The standard InChI is InChI=1S/3C27H50N2O13/c3*1-3-28-18(31)9-6-4-5-7-10-19(32)29(12-14-40-26-24(37)22(35)20(33)16(2)41-26)11-8-13-39-27-25(38)23(36)21(34)17(15-30)42-27/h3*16-17,20-27,30,33-38H,3-15H2,1-2H3,(H,28,31)/t3*16-,17+,20+,21+,22+,23-,24-,25-,26+,27-/m000/s1. The number of hydrogen-bond donors (Lipinski definition) is 24. The Morgan fingerprint density at radius 1 is 0.246 bits per heavy atom. The number of aliphatic hydroxyl groups excluding tert-OH is 21. The molecule has 45 nitrogen and oxygen atoms in total. The fourth-order valence-corrected chi connectivity index (χ4v) is 14.4. The van der Waals surface area contributed by atoms with Crippen molar-refractivity contribution >= 4 is 35.4 Å². The van der Waals surface area contributed by atoms with E-state index < -0.39 is 204 Å². The van der Waals surface area contributed by atoms with Crippen LogP contribution in [-0.2, 0) is 85.6 Å². The van der Waals surface area contributed by atoms with Crippen LogP contribution in [0, 0.1) is 0 Å². The molecule has 0 aliphatic carbocycles. The number of hydrogen-bond acceptors (Lipinski definition) is 39. The van der Waals surface area contributed by atoms with Crippen LogP contribution in [0.5, 0.6) is 0 Å². The second-order valence-electron chi connectivity index (χ2n) is 32.2. The molecule has 6 aliphatic rings. The Bertz CT molecular complexity index is 2670. The van der Waals surface area contributed by atoms with Gasteiger partial charge in [0.1, 0.15) is 128 Å². The highest BCUT2D eigenvalue weighted by Crippen LogP contribution is 2.29. The molecule has 24 N–H and O–H groups in total. The van der Waals surface area contributed by atoms with Gasteiger partial charge in [0, 0.05) is 97.4 Å². The monoisotopic (exact) mass is 1830 g/mol. The lowest BCUT2D eigenvalue weighted by atomic mass is 9.99. The normalized spacial score (nSPS) is 33.4. The molecule has 0 saturated carbocycles. The summed E-state index contributed by atoms with van der Waals surface area (Å²) in [5.74, 6) is -0.421. The van der Waals surface area contributed by atoms with Crippen molar-refractivity contribution < 1.29 is 193 Å². The summed E-state index contributed by atoms with van der Waals surface area (Å²) < 4.78 is 65.7. The number of carbonyl (C=O) groups excluding carboxylic acids is 6. The van der Waals surface area contributed by atoms with Gasteiger partial charge < -0.3 is 195 Å². The Balaban J connectivity index is 0.000000396. The van der Waals surface area contributed by atoms with E-state index in [1.165, 1.54) is 20.8 Å². The molecule has 0 spiro atoms. The van der Waals surface area contributed by atoms with Crippen LogP contribution in [0.3, 0.4) is 0 Å². The quantitative estimate of drug-likeness (QED) is 0.0252. The smallest absolute Gasteiger partial charge is 0.222 e. The predicted molar refractivity (Wildman–Crippen MR) is 437 cm³/mol. The van der Waals surface area contributed by atoms with Gasteiger partial charge in [-0.15, -0.1) is 0 Å². The van der Waals surface area contributed by atoms with Gasteiger partial charge >= 0.3 is 0 Å². The summed E-state index contributed by atoms with van der Waals surface area (Å²) in [6.07, 6.45) is -27.3. The van der Waals surface area contributed by atoms with E-state index in [4.69, 9.17) is 56.8 Å². The van der Waals surface area contributed by atoms with E-state index in [0.717, 1.165) is 57.8 Å². The van der Waals surface area contributed by atoms with Crippen molar-refractivity contribution in [1.82, 2.24) is 30.7 Å². The Morgan fingerprint density at radius 3 is 0.659 bits per heavy atom. The van der Waals surface area contributed by atoms with Crippen LogP contribution in [0.1, 0.15) is 176 Å². The second-order valence-corrected chi connectivity index (χ2v) is 32.2. The molecular formula is C81H150N6O39. The van der Waals surface area contributed by atoms with Crippen LogP contribution in [0.2, 0.25) is 0 Å². The minimum Gasteiger partial charge on any atom is -0.394 e. The van der Waals surface area contributed by atoms with Gasteiger partial charge in [-0.05, 0) is 99.3 Å². The molecule has 0 aromatic carbocycles. The Hall–Kier alpha value is -4.50. The topological polar surface area (TPSA) is 684 Å². The zero-order valence-electron chi connectivity index (χ0n) is 73.5. The fourth-order valence-electron chi connectivity index (χ4n) is 14.4. The third-order valence-corrected chi connectivity index (χ3v) is 22.3. The van der Waals surface area contributed by atoms with Gasteiger partial charge in [0.15, 0.2) is 37.7 Å². The van der Waals surface area contributed by atoms with Gasteiger partial charge in [-0.2, -0.15) is 0 Å². The summed E-state index contributed by atoms with van der Waals surface area (Å²) in [6, 6.07) is 0. The maximum absolute atomic E-state index is 13.0. The summed E-state index contributed by atoms with van der Waals surface area (Å²) in [7, 11) is 0. The number of unbranched alkanes of at least 4 members (excludes halogenated alkanes) is 9. The third-order valence-electron chi connectivity index (χ3n) is 22.3. The molecule has 0 bridgehead atoms. The number of aliphatic hydroxyl groups is 21. The molecule has 6 heterocycles. The lowest BCUT2D eigenvalue weighted by molar-refractivity contribution is -0.301. The maximum Gasteiger partial charge on any atom is 0.222 e. The fraction of sp³-hybridized carbons (Fsp3) is 0.926. The van der Waals surface area contributed by atoms with Crippen LogP contribution < -0.4 is 16.0 Å². The molecule has 0 radical (unpaired) electrons. The third kappa shape index (κ3) is 38.6. The first-order valence-corrected chi connectivity index (χ1v) is 44.4. The maximum atomic E-state index is 13.0. The SMILES string of the molecule is CCNC(=O)CCCCCCC(=O)N(CCCO[C@H]1O[C@H](CO)[C@@H](O)[C@H](O)[C@@H]1O)CCO[C@@H]1O[C@@H](C)[C@@H](O)[C@@H](O)[C@@H]1O.CCNC(=O)CCCCCCC(=O)N(CCCO[C@H]1O[C@H](CO)[C@@H](O)[C@H](O)[C@@H]1O)CCO[C@@H]1O[C@@H](C)[C@@H](O)[C@@H](O)[C@@H]1O.CCNC(=O)CCCCCCC(=O)N(CCCO[C@H]1O[C@H](CO)[C@@H](O)[C@H](O)[C@@H]1O)CCO[C@@H]1O[C@@H](C)[C@@H](O)[C@@H](O)[C@@H]1O. The van der Waals surface area contributed by atoms with Crippen molar-refractivity contribution in [3.05, 3.63) is 0 Å². The van der Waals surface area contributed by atoms with Crippen LogP contribution in [0.15, 0.2) is 0 Å². The molecule has 6 amide bonds. The van der Waals surface area contributed by atoms with Gasteiger partial charge in [0.25, 0.3) is 0 Å². The molecule has 0 aromatic heterocycles. The number of amides is 6. The summed E-state index contributed by atoms with van der Waals surface area (Å²) in [5, 5.41) is 216. The van der Waals surface area contributed by atoms with Gasteiger partial charge in [0.2, 0.25) is 35.4 Å². The lowest BCUT2D eigenvalue weighted by Crippen LogP contribution is -2.59. The molecular weight excluding hydrogens is 1680 g/mol. The Morgan fingerprint density at radius 2 is 0.444 bits per heavy atom. The van der Waals surface area contributed by atoms with E-state index in [1.807, 2.05) is 20.8 Å². The van der Waals surface area contributed by atoms with Crippen molar-refractivity contribution in [2.75, 3.05) is 118 Å². The number of rotatable bonds is 54. The van der Waals surface area contributed by atoms with Crippen molar-refractivity contribution in [2.24, 2.45) is 0 Å². The summed E-state index contributed by atoms with van der Waals surface area (Å²) >= 11 is 0. The first-order valence-electron chi connectivity index (χ1n) is 44.4. The van der Waals surface area contributed by atoms with E-state index in [9.17, 15) is 136 Å². The molecule has 6 fully saturated rings. The number of nitrogens with zero attached hydrogens (tertiary/aromatic N) is 3. The largest absolute Gasteiger partial charge is 0.394 e. The van der Waals surface area contributed by atoms with Gasteiger partial charge in [0.05, 0.1) is 77.8 Å². The van der Waals surface area contributed by atoms with Crippen LogP contribution in [-0.4, -0.2) is 460 Å². The first kappa shape index (κ1) is 114. The molecule has 738 valence electrons. The van der Waals surface area contributed by atoms with Crippen LogP contribution in [0.25, 0.3) is 0 Å². The van der Waals surface area contributed by atoms with E-state index in [2.05, 4.69) is 16.0 Å². The molecule has 0 unspecified atom stereocenters. The van der Waals surface area contributed by atoms with Gasteiger partial charge in [-0.1, -0.05) is 38.5 Å². The van der Waals surface area contributed by atoms with Gasteiger partial charge in [-0.25, -0.2) is 0 Å². The highest BCUT2D eigenvalue weighted by molar-refractivity contribution is 5.78. The summed E-state index contributed by atoms with van der Waals surface area (Å²) in [5.41, 5.74) is 0. The minimum atomic E-state index is -1.56. The highest BCUT2D eigenvalue weighted by Gasteiger charge is 2.49. The molecule has 30 atom stereocenters. The van der Waals surface area contributed by atoms with Crippen molar-refractivity contribution in [2.45, 2.75) is 361 Å². The molecule has 6 rings (SSSR count). The molecule has 0 aromatic rings. The predicted octanol–water partition coefficient (Wildman–Crippen LogP) is -7.97. The molecule has 6 aliphatic heterocycles.